The molecule has 0 saturated carbocycles. The van der Waals surface area contributed by atoms with Crippen molar-refractivity contribution in [2.45, 2.75) is 26.9 Å². The lowest BCUT2D eigenvalue weighted by Gasteiger charge is -2.11. The summed E-state index contributed by atoms with van der Waals surface area (Å²) in [4.78, 5) is 0. The normalized spacial score (nSPS) is 13.7. The molecule has 0 aliphatic heterocycles. The fraction of sp³-hybridized carbons (Fsp3) is 0.429. The summed E-state index contributed by atoms with van der Waals surface area (Å²) in [5.41, 5.74) is 1.06. The van der Waals surface area contributed by atoms with Gasteiger partial charge >= 0.3 is 0 Å². The minimum absolute atomic E-state index is 0.473. The second kappa shape index (κ2) is 7.44. The topological polar surface area (TPSA) is 26.3 Å². The second-order valence-corrected chi connectivity index (χ2v) is 7.94. The molecular formula is C14H20ClO2PS. The van der Waals surface area contributed by atoms with E-state index in [1.807, 2.05) is 44.4 Å². The summed E-state index contributed by atoms with van der Waals surface area (Å²) in [5, 5.41) is 3.83. The van der Waals surface area contributed by atoms with Gasteiger partial charge < -0.3 is 4.52 Å². The molecule has 0 bridgehead atoms. The highest BCUT2D eigenvalue weighted by Crippen LogP contribution is 2.48. The molecule has 2 rings (SSSR count). The van der Waals surface area contributed by atoms with Gasteiger partial charge in [0.05, 0.1) is 12.8 Å². The van der Waals surface area contributed by atoms with Crippen molar-refractivity contribution in [1.29, 1.82) is 0 Å². The highest BCUT2D eigenvalue weighted by molar-refractivity contribution is 7.57. The maximum atomic E-state index is 12.2. The quantitative estimate of drug-likeness (QED) is 0.644. The number of hydrogen-bond acceptors (Lipinski definition) is 3. The molecule has 19 heavy (non-hydrogen) atoms. The van der Waals surface area contributed by atoms with E-state index in [0.29, 0.717) is 17.8 Å². The maximum Gasteiger partial charge on any atom is 0.204 e. The molecule has 2 aromatic rings. The number of fused-ring (bicyclic) bond motifs is 1. The summed E-state index contributed by atoms with van der Waals surface area (Å²) in [7, 11) is -2.54. The molecule has 0 aliphatic rings. The van der Waals surface area contributed by atoms with Crippen molar-refractivity contribution in [3.05, 3.63) is 34.2 Å². The van der Waals surface area contributed by atoms with Crippen LogP contribution < -0.4 is 0 Å². The SMILES string of the molecule is CC.CCOP(C)(=O)Cc1csc2ccc(Cl)cc12. The first-order valence-electron chi connectivity index (χ1n) is 6.38. The summed E-state index contributed by atoms with van der Waals surface area (Å²) in [5.74, 6) is 0. The van der Waals surface area contributed by atoms with E-state index >= 15 is 0 Å². The lowest BCUT2D eigenvalue weighted by atomic mass is 10.2. The maximum absolute atomic E-state index is 12.2. The van der Waals surface area contributed by atoms with Crippen LogP contribution in [0, 0.1) is 0 Å². The molecule has 0 amide bonds. The molecule has 5 heteroatoms. The molecule has 0 aliphatic carbocycles. The number of rotatable bonds is 4. The molecule has 2 nitrogen and oxygen atoms in total. The van der Waals surface area contributed by atoms with Gasteiger partial charge in [0.25, 0.3) is 0 Å². The Kier molecular flexibility index (Phi) is 6.55. The third kappa shape index (κ3) is 4.61. The molecule has 0 radical (unpaired) electrons. The Hall–Kier alpha value is -0.340. The Morgan fingerprint density at radius 1 is 1.37 bits per heavy atom. The van der Waals surface area contributed by atoms with E-state index in [-0.39, 0.29) is 0 Å². The van der Waals surface area contributed by atoms with Crippen LogP contribution in [0.25, 0.3) is 10.1 Å². The Balaban J connectivity index is 0.000000861. The number of hydrogen-bond donors (Lipinski definition) is 0. The molecule has 0 saturated heterocycles. The molecule has 1 atom stereocenters. The minimum atomic E-state index is -2.54. The molecule has 1 unspecified atom stereocenters. The first kappa shape index (κ1) is 16.7. The Labute approximate surface area is 124 Å². The number of halogens is 1. The predicted molar refractivity (Wildman–Crippen MR) is 87.0 cm³/mol. The van der Waals surface area contributed by atoms with Crippen LogP contribution in [0.3, 0.4) is 0 Å². The second-order valence-electron chi connectivity index (χ2n) is 3.99. The van der Waals surface area contributed by atoms with Crippen LogP contribution in [0.15, 0.2) is 23.6 Å². The average Bonchev–Trinajstić information content (AvgIpc) is 2.74. The molecule has 1 heterocycles. The Morgan fingerprint density at radius 2 is 2.05 bits per heavy atom. The van der Waals surface area contributed by atoms with Crippen LogP contribution in [0.4, 0.5) is 0 Å². The van der Waals surface area contributed by atoms with Gasteiger partial charge in [-0.3, -0.25) is 4.57 Å². The van der Waals surface area contributed by atoms with Crippen LogP contribution in [0.1, 0.15) is 26.3 Å². The van der Waals surface area contributed by atoms with Crippen molar-refractivity contribution in [2.24, 2.45) is 0 Å². The van der Waals surface area contributed by atoms with Gasteiger partial charge in [-0.15, -0.1) is 11.3 Å². The molecule has 106 valence electrons. The monoisotopic (exact) mass is 318 g/mol. The van der Waals surface area contributed by atoms with E-state index in [1.54, 1.807) is 18.0 Å². The van der Waals surface area contributed by atoms with E-state index in [1.165, 1.54) is 4.70 Å². The average molecular weight is 319 g/mol. The highest BCUT2D eigenvalue weighted by Gasteiger charge is 2.18. The molecule has 0 fully saturated rings. The van der Waals surface area contributed by atoms with Crippen LogP contribution in [-0.4, -0.2) is 13.3 Å². The Morgan fingerprint density at radius 3 is 2.68 bits per heavy atom. The summed E-state index contributed by atoms with van der Waals surface area (Å²) in [6, 6.07) is 5.79. The van der Waals surface area contributed by atoms with Crippen molar-refractivity contribution >= 4 is 40.4 Å². The van der Waals surface area contributed by atoms with Crippen LogP contribution >= 0.6 is 30.3 Å². The van der Waals surface area contributed by atoms with Gasteiger partial charge in [-0.25, -0.2) is 0 Å². The van der Waals surface area contributed by atoms with Gasteiger partial charge in [0.2, 0.25) is 7.37 Å². The first-order chi connectivity index (χ1) is 9.02. The van der Waals surface area contributed by atoms with Gasteiger partial charge in [-0.05, 0) is 41.5 Å². The smallest absolute Gasteiger partial charge is 0.204 e. The van der Waals surface area contributed by atoms with Gasteiger partial charge in [-0.1, -0.05) is 25.4 Å². The molecule has 0 N–H and O–H groups in total. The van der Waals surface area contributed by atoms with Crippen molar-refractivity contribution in [2.75, 3.05) is 13.3 Å². The van der Waals surface area contributed by atoms with Crippen LogP contribution in [0.2, 0.25) is 5.02 Å². The third-order valence-corrected chi connectivity index (χ3v) is 5.44. The van der Waals surface area contributed by atoms with E-state index in [4.69, 9.17) is 16.1 Å². The van der Waals surface area contributed by atoms with Crippen molar-refractivity contribution in [3.63, 3.8) is 0 Å². The summed E-state index contributed by atoms with van der Waals surface area (Å²) in [6.45, 7) is 8.03. The van der Waals surface area contributed by atoms with Crippen LogP contribution in [0.5, 0.6) is 0 Å². The summed E-state index contributed by atoms with van der Waals surface area (Å²) in [6.07, 6.45) is 0.473. The number of benzene rings is 1. The van der Waals surface area contributed by atoms with E-state index in [0.717, 1.165) is 10.9 Å². The zero-order valence-corrected chi connectivity index (χ0v) is 14.2. The van der Waals surface area contributed by atoms with Crippen molar-refractivity contribution in [1.82, 2.24) is 0 Å². The zero-order chi connectivity index (χ0) is 14.5. The minimum Gasteiger partial charge on any atom is -0.329 e. The largest absolute Gasteiger partial charge is 0.329 e. The first-order valence-corrected chi connectivity index (χ1v) is 9.90. The fourth-order valence-electron chi connectivity index (χ4n) is 1.80. The zero-order valence-electron chi connectivity index (χ0n) is 11.8. The van der Waals surface area contributed by atoms with E-state index < -0.39 is 7.37 Å². The van der Waals surface area contributed by atoms with E-state index in [2.05, 4.69) is 0 Å². The Bertz CT molecular complexity index is 580. The molecule has 0 spiro atoms. The standard InChI is InChI=1S/C12H14ClO2PS.C2H6/c1-3-15-16(2,14)7-9-8-17-12-5-4-10(13)6-11(9)12;1-2/h4-6,8H,3,7H2,1-2H3;1-2H3. The van der Waals surface area contributed by atoms with Gasteiger partial charge in [0, 0.05) is 16.4 Å². The summed E-state index contributed by atoms with van der Waals surface area (Å²) < 4.78 is 18.6. The third-order valence-electron chi connectivity index (χ3n) is 2.48. The van der Waals surface area contributed by atoms with Crippen molar-refractivity contribution in [3.8, 4) is 0 Å². The molecule has 1 aromatic carbocycles. The lowest BCUT2D eigenvalue weighted by Crippen LogP contribution is -1.91. The fourth-order valence-corrected chi connectivity index (χ4v) is 4.56. The predicted octanol–water partition coefficient (Wildman–Crippen LogP) is 6.03. The van der Waals surface area contributed by atoms with Crippen LogP contribution in [-0.2, 0) is 15.3 Å². The lowest BCUT2D eigenvalue weighted by molar-refractivity contribution is 0.336. The van der Waals surface area contributed by atoms with E-state index in [9.17, 15) is 4.57 Å². The number of thiophene rings is 1. The molecule has 1 aromatic heterocycles. The van der Waals surface area contributed by atoms with Gasteiger partial charge in [-0.2, -0.15) is 0 Å². The summed E-state index contributed by atoms with van der Waals surface area (Å²) >= 11 is 7.63. The van der Waals surface area contributed by atoms with Gasteiger partial charge in [0.1, 0.15) is 0 Å². The van der Waals surface area contributed by atoms with Crippen molar-refractivity contribution < 1.29 is 9.09 Å². The van der Waals surface area contributed by atoms with Gasteiger partial charge in [0.15, 0.2) is 0 Å². The highest BCUT2D eigenvalue weighted by atomic mass is 35.5. The molecular weight excluding hydrogens is 299 g/mol.